The predicted molar refractivity (Wildman–Crippen MR) is 99.6 cm³/mol. The second-order valence-electron chi connectivity index (χ2n) is 4.93. The van der Waals surface area contributed by atoms with Crippen LogP contribution in [0, 0.1) is 10.9 Å². The van der Waals surface area contributed by atoms with Crippen molar-refractivity contribution in [2.24, 2.45) is 0 Å². The normalized spacial score (nSPS) is 10.7. The van der Waals surface area contributed by atoms with Gasteiger partial charge in [-0.1, -0.05) is 59.5 Å². The van der Waals surface area contributed by atoms with Crippen LogP contribution in [0.2, 0.25) is 0 Å². The minimum atomic E-state index is 0.766. The largest absolute Gasteiger partial charge is 0.496 e. The van der Waals surface area contributed by atoms with Crippen LogP contribution in [0.15, 0.2) is 52.9 Å². The van der Waals surface area contributed by atoms with Crippen LogP contribution in [-0.2, 0) is 5.75 Å². The van der Waals surface area contributed by atoms with Crippen molar-refractivity contribution in [2.75, 3.05) is 7.11 Å². The molecule has 0 aliphatic carbocycles. The van der Waals surface area contributed by atoms with E-state index in [1.807, 2.05) is 41.1 Å². The Morgan fingerprint density at radius 2 is 1.91 bits per heavy atom. The summed E-state index contributed by atoms with van der Waals surface area (Å²) in [6, 6.07) is 16.2. The number of aromatic nitrogens is 2. The monoisotopic (exact) mass is 360 g/mol. The summed E-state index contributed by atoms with van der Waals surface area (Å²) < 4.78 is 8.97. The summed E-state index contributed by atoms with van der Waals surface area (Å²) in [6.07, 6.45) is 0. The lowest BCUT2D eigenvalue weighted by Gasteiger charge is -2.06. The van der Waals surface area contributed by atoms with Crippen molar-refractivity contribution >= 4 is 35.3 Å². The first-order valence-corrected chi connectivity index (χ1v) is 9.31. The molecule has 3 nitrogen and oxygen atoms in total. The number of nitrogens with zero attached hydrogens (tertiary/aromatic N) is 2. The Labute approximate surface area is 148 Å². The quantitative estimate of drug-likeness (QED) is 0.457. The molecule has 0 saturated carbocycles. The molecule has 1 aromatic heterocycles. The van der Waals surface area contributed by atoms with Gasteiger partial charge in [0, 0.05) is 11.3 Å². The molecule has 0 amide bonds. The fourth-order valence-electron chi connectivity index (χ4n) is 2.23. The summed E-state index contributed by atoms with van der Waals surface area (Å²) in [5.41, 5.74) is 3.36. The van der Waals surface area contributed by atoms with E-state index in [1.54, 1.807) is 18.9 Å². The SMILES string of the molecule is COc1ccccc1CSc1nn(-c2ccccc2C)c(=S)s1. The Hall–Kier alpha value is -1.63. The summed E-state index contributed by atoms with van der Waals surface area (Å²) >= 11 is 8.69. The van der Waals surface area contributed by atoms with Gasteiger partial charge in [-0.25, -0.2) is 4.68 Å². The van der Waals surface area contributed by atoms with Gasteiger partial charge in [-0.15, -0.1) is 5.10 Å². The molecular weight excluding hydrogens is 344 g/mol. The molecule has 0 aliphatic rings. The maximum absolute atomic E-state index is 5.47. The Kier molecular flexibility index (Phi) is 5.15. The first-order chi connectivity index (χ1) is 11.2. The highest BCUT2D eigenvalue weighted by Crippen LogP contribution is 2.30. The molecule has 0 fully saturated rings. The van der Waals surface area contributed by atoms with Crippen LogP contribution >= 0.6 is 35.3 Å². The molecule has 3 aromatic rings. The van der Waals surface area contributed by atoms with E-state index in [9.17, 15) is 0 Å². The van der Waals surface area contributed by atoms with Crippen LogP contribution in [0.4, 0.5) is 0 Å². The zero-order chi connectivity index (χ0) is 16.2. The number of ether oxygens (including phenoxy) is 1. The number of methoxy groups -OCH3 is 1. The number of benzene rings is 2. The summed E-state index contributed by atoms with van der Waals surface area (Å²) in [5, 5.41) is 4.66. The van der Waals surface area contributed by atoms with Crippen LogP contribution in [0.25, 0.3) is 5.69 Å². The summed E-state index contributed by atoms with van der Waals surface area (Å²) in [4.78, 5) is 0. The van der Waals surface area contributed by atoms with Crippen molar-refractivity contribution in [1.29, 1.82) is 0 Å². The van der Waals surface area contributed by atoms with E-state index in [-0.39, 0.29) is 0 Å². The van der Waals surface area contributed by atoms with Crippen molar-refractivity contribution < 1.29 is 4.74 Å². The van der Waals surface area contributed by atoms with E-state index in [0.29, 0.717) is 0 Å². The lowest BCUT2D eigenvalue weighted by atomic mass is 10.2. The Morgan fingerprint density at radius 1 is 1.17 bits per heavy atom. The fraction of sp³-hybridized carbons (Fsp3) is 0.176. The Balaban J connectivity index is 1.82. The summed E-state index contributed by atoms with van der Waals surface area (Å²) in [5.74, 6) is 1.71. The number of thioether (sulfide) groups is 1. The molecule has 3 rings (SSSR count). The van der Waals surface area contributed by atoms with Crippen molar-refractivity contribution in [3.63, 3.8) is 0 Å². The van der Waals surface area contributed by atoms with Crippen LogP contribution < -0.4 is 4.74 Å². The van der Waals surface area contributed by atoms with Gasteiger partial charge < -0.3 is 4.74 Å². The van der Waals surface area contributed by atoms with Crippen LogP contribution in [0.3, 0.4) is 0 Å². The van der Waals surface area contributed by atoms with Crippen molar-refractivity contribution in [2.45, 2.75) is 17.0 Å². The van der Waals surface area contributed by atoms with Crippen molar-refractivity contribution in [3.05, 3.63) is 63.6 Å². The lowest BCUT2D eigenvalue weighted by Crippen LogP contribution is -1.98. The summed E-state index contributed by atoms with van der Waals surface area (Å²) in [6.45, 7) is 2.07. The van der Waals surface area contributed by atoms with E-state index in [2.05, 4.69) is 24.2 Å². The van der Waals surface area contributed by atoms with Gasteiger partial charge in [0.05, 0.1) is 12.8 Å². The third-order valence-electron chi connectivity index (χ3n) is 3.42. The highest BCUT2D eigenvalue weighted by Gasteiger charge is 2.09. The van der Waals surface area contributed by atoms with Gasteiger partial charge in [-0.3, -0.25) is 0 Å². The minimum absolute atomic E-state index is 0.766. The molecule has 0 radical (unpaired) electrons. The first kappa shape index (κ1) is 16.2. The molecule has 6 heteroatoms. The smallest absolute Gasteiger partial charge is 0.184 e. The van der Waals surface area contributed by atoms with E-state index >= 15 is 0 Å². The molecule has 0 aliphatic heterocycles. The number of aryl methyl sites for hydroxylation is 1. The van der Waals surface area contributed by atoms with Gasteiger partial charge in [0.25, 0.3) is 0 Å². The predicted octanol–water partition coefficient (Wildman–Crippen LogP) is 5.27. The average molecular weight is 361 g/mol. The zero-order valence-corrected chi connectivity index (χ0v) is 15.3. The van der Waals surface area contributed by atoms with Crippen LogP contribution in [0.5, 0.6) is 5.75 Å². The highest BCUT2D eigenvalue weighted by molar-refractivity contribution is 8.00. The Bertz CT molecular complexity index is 870. The molecule has 1 heterocycles. The molecule has 23 heavy (non-hydrogen) atoms. The summed E-state index contributed by atoms with van der Waals surface area (Å²) in [7, 11) is 1.69. The highest BCUT2D eigenvalue weighted by atomic mass is 32.2. The molecular formula is C17H16N2OS3. The molecule has 118 valence electrons. The molecule has 0 unspecified atom stereocenters. The molecule has 2 aromatic carbocycles. The van der Waals surface area contributed by atoms with Crippen LogP contribution in [0.1, 0.15) is 11.1 Å². The number of para-hydroxylation sites is 2. The van der Waals surface area contributed by atoms with Crippen molar-refractivity contribution in [1.82, 2.24) is 9.78 Å². The lowest BCUT2D eigenvalue weighted by molar-refractivity contribution is 0.411. The standard InChI is InChI=1S/C17H16N2OS3/c1-12-7-3-5-9-14(12)19-17(21)23-16(18-19)22-11-13-8-4-6-10-15(13)20-2/h3-10H,11H2,1-2H3. The molecule has 0 N–H and O–H groups in total. The van der Waals surface area contributed by atoms with Gasteiger partial charge in [0.1, 0.15) is 5.75 Å². The van der Waals surface area contributed by atoms with E-state index in [0.717, 1.165) is 36.6 Å². The average Bonchev–Trinajstić information content (AvgIpc) is 2.94. The van der Waals surface area contributed by atoms with Gasteiger partial charge in [-0.05, 0) is 36.8 Å². The maximum atomic E-state index is 5.47. The van der Waals surface area contributed by atoms with Gasteiger partial charge in [-0.2, -0.15) is 0 Å². The second kappa shape index (κ2) is 7.29. The van der Waals surface area contributed by atoms with Gasteiger partial charge >= 0.3 is 0 Å². The topological polar surface area (TPSA) is 27.1 Å². The number of hydrogen-bond acceptors (Lipinski definition) is 5. The molecule has 0 bridgehead atoms. The van der Waals surface area contributed by atoms with Gasteiger partial charge in [0.2, 0.25) is 0 Å². The van der Waals surface area contributed by atoms with Crippen molar-refractivity contribution in [3.8, 4) is 11.4 Å². The van der Waals surface area contributed by atoms with E-state index in [1.165, 1.54) is 11.3 Å². The molecule has 0 spiro atoms. The third kappa shape index (κ3) is 3.65. The second-order valence-corrected chi connectivity index (χ2v) is 7.78. The maximum Gasteiger partial charge on any atom is 0.184 e. The van der Waals surface area contributed by atoms with E-state index in [4.69, 9.17) is 17.0 Å². The van der Waals surface area contributed by atoms with E-state index < -0.39 is 0 Å². The molecule has 0 atom stereocenters. The third-order valence-corrected chi connectivity index (χ3v) is 5.83. The minimum Gasteiger partial charge on any atom is -0.496 e. The zero-order valence-electron chi connectivity index (χ0n) is 12.9. The van der Waals surface area contributed by atoms with Crippen LogP contribution in [-0.4, -0.2) is 16.9 Å². The fourth-order valence-corrected chi connectivity index (χ4v) is 4.57. The first-order valence-electron chi connectivity index (χ1n) is 7.10. The Morgan fingerprint density at radius 3 is 2.70 bits per heavy atom. The van der Waals surface area contributed by atoms with Gasteiger partial charge in [0.15, 0.2) is 8.29 Å². The number of rotatable bonds is 5. The molecule has 0 saturated heterocycles. The number of hydrogen-bond donors (Lipinski definition) is 0.